The summed E-state index contributed by atoms with van der Waals surface area (Å²) in [5, 5.41) is 22.7. The highest BCUT2D eigenvalue weighted by Gasteiger charge is 2.37. The number of esters is 1. The number of carboxylic acid groups (broad SMARTS) is 1. The minimum Gasteiger partial charge on any atom is -0.489 e. The number of likely N-dealkylation sites (tertiary alicyclic amines) is 1. The number of pyridine rings is 1. The van der Waals surface area contributed by atoms with Crippen molar-refractivity contribution in [2.24, 2.45) is 12.2 Å². The van der Waals surface area contributed by atoms with Crippen LogP contribution in [0.1, 0.15) is 68.0 Å². The van der Waals surface area contributed by atoms with Gasteiger partial charge in [-0.2, -0.15) is 0 Å². The van der Waals surface area contributed by atoms with E-state index in [0.717, 1.165) is 27.9 Å². The molecule has 1 saturated heterocycles. The minimum atomic E-state index is -1.48. The number of hydrogen-bond acceptors (Lipinski definition) is 13. The molecule has 0 unspecified atom stereocenters. The van der Waals surface area contributed by atoms with E-state index in [0.29, 0.717) is 18.8 Å². The summed E-state index contributed by atoms with van der Waals surface area (Å²) in [6.07, 6.45) is -0.682. The highest BCUT2D eigenvalue weighted by Crippen LogP contribution is 2.27. The Bertz CT molecular complexity index is 1830. The second kappa shape index (κ2) is 15.6. The molecule has 2 aromatic heterocycles. The molecule has 0 saturated carbocycles. The SMILES string of the molecule is C[n+]1ccc2cc(OC[C@H](O/N=C(\C(=O)O)c3csc(NC(=O)OC(C)(C)C)n3)C(=O)OC(C)(C)C)ccc2c1NC1CN(C(=O)OC(C)(C)C)C1. The van der Waals surface area contributed by atoms with Crippen LogP contribution in [0.2, 0.25) is 0 Å². The van der Waals surface area contributed by atoms with Gasteiger partial charge in [0.05, 0.1) is 31.7 Å². The van der Waals surface area contributed by atoms with Gasteiger partial charge >= 0.3 is 24.1 Å². The summed E-state index contributed by atoms with van der Waals surface area (Å²) in [6, 6.07) is 7.33. The number of oxime groups is 1. The van der Waals surface area contributed by atoms with Crippen LogP contribution in [-0.4, -0.2) is 93.5 Å². The van der Waals surface area contributed by atoms with Gasteiger partial charge in [0.25, 0.3) is 11.9 Å². The van der Waals surface area contributed by atoms with E-state index in [1.165, 1.54) is 5.38 Å². The van der Waals surface area contributed by atoms with E-state index >= 15 is 0 Å². The van der Waals surface area contributed by atoms with E-state index in [-0.39, 0.29) is 29.6 Å². The number of benzene rings is 1. The van der Waals surface area contributed by atoms with Crippen LogP contribution in [0, 0.1) is 0 Å². The van der Waals surface area contributed by atoms with E-state index in [1.54, 1.807) is 58.6 Å². The topological polar surface area (TPSA) is 191 Å². The number of hydrogen-bond donors (Lipinski definition) is 3. The van der Waals surface area contributed by atoms with Gasteiger partial charge in [0, 0.05) is 5.38 Å². The number of aryl methyl sites for hydroxylation is 1. The quantitative estimate of drug-likeness (QED) is 0.0776. The summed E-state index contributed by atoms with van der Waals surface area (Å²) in [5.74, 6) is -1.06. The van der Waals surface area contributed by atoms with Crippen LogP contribution in [0.15, 0.2) is 41.0 Å². The predicted octanol–water partition coefficient (Wildman–Crippen LogP) is 5.09. The van der Waals surface area contributed by atoms with Crippen molar-refractivity contribution in [1.82, 2.24) is 9.88 Å². The number of ether oxygens (including phenoxy) is 4. The van der Waals surface area contributed by atoms with Gasteiger partial charge in [-0.1, -0.05) is 5.16 Å². The Labute approximate surface area is 306 Å². The van der Waals surface area contributed by atoms with Crippen molar-refractivity contribution in [2.75, 3.05) is 30.3 Å². The average Bonchev–Trinajstić information content (AvgIpc) is 3.41. The largest absolute Gasteiger partial charge is 0.489 e. The number of carbonyl (C=O) groups excluding carboxylic acids is 3. The summed E-state index contributed by atoms with van der Waals surface area (Å²) in [5.41, 5.74) is -2.93. The molecular weight excluding hydrogens is 696 g/mol. The molecule has 1 fully saturated rings. The third-order valence-electron chi connectivity index (χ3n) is 6.88. The second-order valence-corrected chi connectivity index (χ2v) is 16.0. The zero-order chi connectivity index (χ0) is 38.6. The fraction of sp³-hybridized carbons (Fsp3) is 0.514. The van der Waals surface area contributed by atoms with Crippen LogP contribution in [-0.2, 0) is 35.7 Å². The van der Waals surface area contributed by atoms with Gasteiger partial charge in [-0.05, 0) is 92.0 Å². The van der Waals surface area contributed by atoms with E-state index in [2.05, 4.69) is 20.8 Å². The van der Waals surface area contributed by atoms with Gasteiger partial charge < -0.3 is 28.9 Å². The number of amides is 2. The Morgan fingerprint density at radius 2 is 1.65 bits per heavy atom. The highest BCUT2D eigenvalue weighted by atomic mass is 32.1. The number of thiazole rings is 1. The molecule has 0 spiro atoms. The normalized spacial score (nSPS) is 14.6. The number of aliphatic carboxylic acids is 1. The van der Waals surface area contributed by atoms with Crippen LogP contribution in [0.25, 0.3) is 10.8 Å². The maximum absolute atomic E-state index is 13.1. The third-order valence-corrected chi connectivity index (χ3v) is 7.64. The lowest BCUT2D eigenvalue weighted by Gasteiger charge is -2.37. The molecule has 17 heteroatoms. The molecule has 52 heavy (non-hydrogen) atoms. The fourth-order valence-electron chi connectivity index (χ4n) is 4.68. The first-order valence-electron chi connectivity index (χ1n) is 16.5. The Morgan fingerprint density at radius 1 is 1.00 bits per heavy atom. The number of nitrogens with zero attached hydrogens (tertiary/aromatic N) is 4. The maximum Gasteiger partial charge on any atom is 0.413 e. The number of rotatable bonds is 11. The molecule has 1 aliphatic rings. The second-order valence-electron chi connectivity index (χ2n) is 15.1. The van der Waals surface area contributed by atoms with Gasteiger partial charge in [-0.3, -0.25) is 15.5 Å². The van der Waals surface area contributed by atoms with Crippen LogP contribution in [0.5, 0.6) is 5.75 Å². The lowest BCUT2D eigenvalue weighted by Crippen LogP contribution is -2.58. The number of anilines is 2. The third kappa shape index (κ3) is 11.4. The number of carbonyl (C=O) groups is 4. The molecule has 16 nitrogen and oxygen atoms in total. The first kappa shape index (κ1) is 39.6. The molecule has 1 aliphatic heterocycles. The zero-order valence-electron chi connectivity index (χ0n) is 31.1. The summed E-state index contributed by atoms with van der Waals surface area (Å²) in [6.45, 7) is 16.3. The lowest BCUT2D eigenvalue weighted by atomic mass is 10.1. The smallest absolute Gasteiger partial charge is 0.413 e. The van der Waals surface area contributed by atoms with Crippen molar-refractivity contribution in [1.29, 1.82) is 0 Å². The monoisotopic (exact) mass is 743 g/mol. The molecule has 0 radical (unpaired) electrons. The molecule has 3 N–H and O–H groups in total. The van der Waals surface area contributed by atoms with E-state index in [1.807, 2.05) is 50.7 Å². The molecule has 1 aromatic carbocycles. The van der Waals surface area contributed by atoms with Crippen LogP contribution in [0.4, 0.5) is 20.5 Å². The standard InChI is InChI=1S/C35H46N6O10S/c1-33(2,3)48-29(44)25(51-39-26(28(42)43)24-19-52-30(37-24)38-31(45)49-34(4,5)6)18-47-22-11-12-23-20(15-22)13-14-40(10)27(23)36-21-16-41(17-21)32(46)50-35(7,8)9/h11-15,19,21,25H,16-18H2,1-10H3,(H2,37,38,42,43,45)/p+1/b39-26-/t25-/m0/s1. The van der Waals surface area contributed by atoms with Gasteiger partial charge in [-0.25, -0.2) is 28.7 Å². The molecule has 0 bridgehead atoms. The van der Waals surface area contributed by atoms with Crippen molar-refractivity contribution >= 4 is 62.9 Å². The summed E-state index contributed by atoms with van der Waals surface area (Å²) >= 11 is 0.953. The van der Waals surface area contributed by atoms with Crippen molar-refractivity contribution < 1.29 is 52.6 Å². The van der Waals surface area contributed by atoms with Gasteiger partial charge in [0.15, 0.2) is 5.13 Å². The zero-order valence-corrected chi connectivity index (χ0v) is 31.9. The van der Waals surface area contributed by atoms with E-state index in [4.69, 9.17) is 23.8 Å². The first-order valence-corrected chi connectivity index (χ1v) is 17.4. The summed E-state index contributed by atoms with van der Waals surface area (Å²) in [7, 11) is 1.91. The van der Waals surface area contributed by atoms with E-state index in [9.17, 15) is 24.3 Å². The van der Waals surface area contributed by atoms with Crippen LogP contribution < -0.4 is 19.9 Å². The van der Waals surface area contributed by atoms with Crippen LogP contribution >= 0.6 is 11.3 Å². The molecule has 0 aliphatic carbocycles. The molecule has 3 heterocycles. The number of nitrogens with one attached hydrogen (secondary N) is 2. The first-order chi connectivity index (χ1) is 24.1. The Morgan fingerprint density at radius 3 is 2.27 bits per heavy atom. The molecule has 3 aromatic rings. The Balaban J connectivity index is 1.47. The minimum absolute atomic E-state index is 0.0281. The maximum atomic E-state index is 13.1. The van der Waals surface area contributed by atoms with Crippen molar-refractivity contribution in [3.05, 3.63) is 41.5 Å². The number of carboxylic acids is 1. The highest BCUT2D eigenvalue weighted by molar-refractivity contribution is 7.14. The van der Waals surface area contributed by atoms with Gasteiger partial charge in [0.1, 0.15) is 40.9 Å². The van der Waals surface area contributed by atoms with Crippen molar-refractivity contribution in [2.45, 2.75) is 91.3 Å². The molecule has 282 valence electrons. The Kier molecular flexibility index (Phi) is 11.9. The van der Waals surface area contributed by atoms with E-state index < -0.39 is 46.7 Å². The summed E-state index contributed by atoms with van der Waals surface area (Å²) in [4.78, 5) is 61.0. The molecule has 4 rings (SSSR count). The molecular formula is C35H47N6O10S+. The molecule has 2 amide bonds. The summed E-state index contributed by atoms with van der Waals surface area (Å²) < 4.78 is 24.1. The number of fused-ring (bicyclic) bond motifs is 1. The Hall–Kier alpha value is -5.19. The lowest BCUT2D eigenvalue weighted by molar-refractivity contribution is -0.656. The number of aromatic nitrogens is 2. The predicted molar refractivity (Wildman–Crippen MR) is 193 cm³/mol. The average molecular weight is 744 g/mol. The van der Waals surface area contributed by atoms with Crippen molar-refractivity contribution in [3.8, 4) is 5.75 Å². The fourth-order valence-corrected chi connectivity index (χ4v) is 5.36. The van der Waals surface area contributed by atoms with Crippen LogP contribution in [0.3, 0.4) is 0 Å². The van der Waals surface area contributed by atoms with Gasteiger partial charge in [0.2, 0.25) is 5.71 Å². The van der Waals surface area contributed by atoms with Crippen molar-refractivity contribution in [3.63, 3.8) is 0 Å². The molecule has 1 atom stereocenters. The van der Waals surface area contributed by atoms with Gasteiger partial charge in [-0.15, -0.1) is 11.3 Å².